The number of aliphatic hydroxyl groups is 1. The number of benzene rings is 1. The van der Waals surface area contributed by atoms with E-state index >= 15 is 0 Å². The molecule has 0 aliphatic heterocycles. The predicted octanol–water partition coefficient (Wildman–Crippen LogP) is 1.21. The monoisotopic (exact) mass is 210 g/mol. The van der Waals surface area contributed by atoms with Gasteiger partial charge in [0.05, 0.1) is 6.61 Å². The van der Waals surface area contributed by atoms with Crippen molar-refractivity contribution in [2.24, 2.45) is 0 Å². The van der Waals surface area contributed by atoms with E-state index in [0.717, 1.165) is 29.9 Å². The fraction of sp³-hybridized carbons (Fsp3) is 0.455. The molecule has 0 unspecified atom stereocenters. The first-order valence-electron chi connectivity index (χ1n) is 5.00. The molecule has 0 fully saturated rings. The van der Waals surface area contributed by atoms with Gasteiger partial charge in [-0.25, -0.2) is 0 Å². The average Bonchev–Trinajstić information content (AvgIpc) is 2.22. The molecule has 0 bridgehead atoms. The van der Waals surface area contributed by atoms with Crippen LogP contribution in [0, 0.1) is 0 Å². The summed E-state index contributed by atoms with van der Waals surface area (Å²) in [4.78, 5) is 0. The summed E-state index contributed by atoms with van der Waals surface area (Å²) in [6, 6.07) is 5.67. The van der Waals surface area contributed by atoms with Gasteiger partial charge in [0.2, 0.25) is 0 Å². The molecule has 4 heteroatoms. The Labute approximate surface area is 90.1 Å². The maximum Gasteiger partial charge on any atom is 0.0733 e. The predicted molar refractivity (Wildman–Crippen MR) is 61.8 cm³/mol. The number of aliphatic hydroxyl groups excluding tert-OH is 1. The van der Waals surface area contributed by atoms with Gasteiger partial charge in [-0.15, -0.1) is 0 Å². The Morgan fingerprint density at radius 1 is 1.47 bits per heavy atom. The van der Waals surface area contributed by atoms with E-state index in [9.17, 15) is 0 Å². The fourth-order valence-corrected chi connectivity index (χ4v) is 1.36. The van der Waals surface area contributed by atoms with Gasteiger partial charge in [0.15, 0.2) is 0 Å². The second kappa shape index (κ2) is 6.27. The van der Waals surface area contributed by atoms with Gasteiger partial charge in [0.25, 0.3) is 0 Å². The van der Waals surface area contributed by atoms with E-state index < -0.39 is 0 Å². The molecule has 0 saturated heterocycles. The number of anilines is 2. The lowest BCUT2D eigenvalue weighted by molar-refractivity contribution is 0.185. The van der Waals surface area contributed by atoms with Crippen LogP contribution in [0.3, 0.4) is 0 Å². The molecule has 0 heterocycles. The van der Waals surface area contributed by atoms with Crippen molar-refractivity contribution in [2.75, 3.05) is 31.3 Å². The minimum Gasteiger partial charge on any atom is -0.399 e. The van der Waals surface area contributed by atoms with Crippen molar-refractivity contribution in [3.8, 4) is 0 Å². The molecule has 0 aromatic heterocycles. The van der Waals surface area contributed by atoms with Crippen LogP contribution in [0.2, 0.25) is 0 Å². The first-order valence-corrected chi connectivity index (χ1v) is 5.00. The third kappa shape index (κ3) is 3.77. The maximum absolute atomic E-state index is 8.68. The maximum atomic E-state index is 8.68. The quantitative estimate of drug-likeness (QED) is 0.487. The van der Waals surface area contributed by atoms with Crippen LogP contribution in [0.5, 0.6) is 0 Å². The van der Waals surface area contributed by atoms with Gasteiger partial charge in [0.1, 0.15) is 0 Å². The van der Waals surface area contributed by atoms with Crippen molar-refractivity contribution in [3.63, 3.8) is 0 Å². The highest BCUT2D eigenvalue weighted by atomic mass is 16.5. The number of hydrogen-bond donors (Lipinski definition) is 3. The van der Waals surface area contributed by atoms with E-state index in [1.807, 2.05) is 18.2 Å². The zero-order valence-electron chi connectivity index (χ0n) is 8.99. The molecule has 0 amide bonds. The molecule has 4 nitrogen and oxygen atoms in total. The highest BCUT2D eigenvalue weighted by Gasteiger charge is 2.01. The molecule has 4 N–H and O–H groups in total. The third-order valence-corrected chi connectivity index (χ3v) is 2.08. The summed E-state index contributed by atoms with van der Waals surface area (Å²) < 4.78 is 5.08. The number of methoxy groups -OCH3 is 1. The second-order valence-corrected chi connectivity index (χ2v) is 3.35. The van der Waals surface area contributed by atoms with Crippen LogP contribution in [0.15, 0.2) is 18.2 Å². The van der Waals surface area contributed by atoms with E-state index in [2.05, 4.69) is 5.32 Å². The molecule has 0 radical (unpaired) electrons. The number of ether oxygens (including phenoxy) is 1. The van der Waals surface area contributed by atoms with Gasteiger partial charge in [-0.1, -0.05) is 0 Å². The van der Waals surface area contributed by atoms with Gasteiger partial charge in [-0.3, -0.25) is 0 Å². The lowest BCUT2D eigenvalue weighted by Crippen LogP contribution is -2.06. The van der Waals surface area contributed by atoms with Crippen molar-refractivity contribution < 1.29 is 9.84 Å². The SMILES string of the molecule is COCc1cc(N)ccc1NCCCO. The Morgan fingerprint density at radius 3 is 2.93 bits per heavy atom. The summed E-state index contributed by atoms with van der Waals surface area (Å²) in [5.74, 6) is 0. The van der Waals surface area contributed by atoms with Crippen LogP contribution in [0.4, 0.5) is 11.4 Å². The number of rotatable bonds is 6. The molecule has 1 rings (SSSR count). The zero-order chi connectivity index (χ0) is 11.1. The second-order valence-electron chi connectivity index (χ2n) is 3.35. The minimum atomic E-state index is 0.196. The van der Waals surface area contributed by atoms with Gasteiger partial charge in [0, 0.05) is 37.2 Å². The van der Waals surface area contributed by atoms with Crippen LogP contribution < -0.4 is 11.1 Å². The van der Waals surface area contributed by atoms with Gasteiger partial charge < -0.3 is 20.9 Å². The van der Waals surface area contributed by atoms with Crippen molar-refractivity contribution in [1.82, 2.24) is 0 Å². The standard InChI is InChI=1S/C11H18N2O2/c1-15-8-9-7-10(12)3-4-11(9)13-5-2-6-14/h3-4,7,13-14H,2,5-6,8,12H2,1H3. The lowest BCUT2D eigenvalue weighted by Gasteiger charge is -2.11. The van der Waals surface area contributed by atoms with Gasteiger partial charge in [-0.2, -0.15) is 0 Å². The first-order chi connectivity index (χ1) is 7.27. The summed E-state index contributed by atoms with van der Waals surface area (Å²) in [5.41, 5.74) is 8.47. The molecule has 15 heavy (non-hydrogen) atoms. The van der Waals surface area contributed by atoms with Gasteiger partial charge >= 0.3 is 0 Å². The summed E-state index contributed by atoms with van der Waals surface area (Å²) in [6.45, 7) is 1.48. The van der Waals surface area contributed by atoms with E-state index in [1.165, 1.54) is 0 Å². The molecular weight excluding hydrogens is 192 g/mol. The highest BCUT2D eigenvalue weighted by molar-refractivity contribution is 5.57. The lowest BCUT2D eigenvalue weighted by atomic mass is 10.1. The van der Waals surface area contributed by atoms with Crippen molar-refractivity contribution >= 4 is 11.4 Å². The molecule has 0 aliphatic rings. The Hall–Kier alpha value is -1.26. The van der Waals surface area contributed by atoms with Crippen molar-refractivity contribution in [1.29, 1.82) is 0 Å². The molecular formula is C11H18N2O2. The molecule has 84 valence electrons. The van der Waals surface area contributed by atoms with Crippen LogP contribution in [0.25, 0.3) is 0 Å². The molecule has 1 aromatic carbocycles. The van der Waals surface area contributed by atoms with Crippen molar-refractivity contribution in [3.05, 3.63) is 23.8 Å². The number of nitrogens with two attached hydrogens (primary N) is 1. The smallest absolute Gasteiger partial charge is 0.0733 e. The highest BCUT2D eigenvalue weighted by Crippen LogP contribution is 2.19. The Morgan fingerprint density at radius 2 is 2.27 bits per heavy atom. The summed E-state index contributed by atoms with van der Waals surface area (Å²) >= 11 is 0. The Balaban J connectivity index is 2.67. The van der Waals surface area contributed by atoms with Crippen LogP contribution in [-0.2, 0) is 11.3 Å². The number of nitrogens with one attached hydrogen (secondary N) is 1. The molecule has 0 atom stereocenters. The number of hydrogen-bond acceptors (Lipinski definition) is 4. The Kier molecular flexibility index (Phi) is 4.93. The van der Waals surface area contributed by atoms with Gasteiger partial charge in [-0.05, 0) is 24.6 Å². The van der Waals surface area contributed by atoms with Crippen LogP contribution in [0.1, 0.15) is 12.0 Å². The Bertz CT molecular complexity index is 303. The van der Waals surface area contributed by atoms with E-state index in [1.54, 1.807) is 7.11 Å². The summed E-state index contributed by atoms with van der Waals surface area (Å²) in [5, 5.41) is 11.9. The third-order valence-electron chi connectivity index (χ3n) is 2.08. The fourth-order valence-electron chi connectivity index (χ4n) is 1.36. The molecule has 0 aliphatic carbocycles. The molecule has 0 spiro atoms. The first kappa shape index (κ1) is 11.8. The normalized spacial score (nSPS) is 10.3. The summed E-state index contributed by atoms with van der Waals surface area (Å²) in [6.07, 6.45) is 0.733. The van der Waals surface area contributed by atoms with Crippen molar-refractivity contribution in [2.45, 2.75) is 13.0 Å². The molecule has 0 saturated carbocycles. The minimum absolute atomic E-state index is 0.196. The van der Waals surface area contributed by atoms with Crippen LogP contribution >= 0.6 is 0 Å². The number of nitrogen functional groups attached to an aromatic ring is 1. The molecule has 1 aromatic rings. The van der Waals surface area contributed by atoms with E-state index in [4.69, 9.17) is 15.6 Å². The summed E-state index contributed by atoms with van der Waals surface area (Å²) in [7, 11) is 1.65. The topological polar surface area (TPSA) is 67.5 Å². The van der Waals surface area contributed by atoms with E-state index in [-0.39, 0.29) is 6.61 Å². The van der Waals surface area contributed by atoms with Crippen LogP contribution in [-0.4, -0.2) is 25.4 Å². The largest absolute Gasteiger partial charge is 0.399 e. The zero-order valence-corrected chi connectivity index (χ0v) is 8.99. The average molecular weight is 210 g/mol. The van der Waals surface area contributed by atoms with E-state index in [0.29, 0.717) is 6.61 Å².